The van der Waals surface area contributed by atoms with Gasteiger partial charge in [-0.25, -0.2) is 12.8 Å². The number of rotatable bonds is 7. The number of halogens is 1. The number of nitrogens with zero attached hydrogens (tertiary/aromatic N) is 2. The fourth-order valence-corrected chi connectivity index (χ4v) is 5.44. The standard InChI is InChI=1S/C26H25FN2O5S/c1-17-4-3-5-21(12-17)35(32,33)29-16-20(8-11-26(30)31)34-25-10-7-19(14-24(25)29)6-9-23-22(27)13-18(2)15-28-23/h3-7,9-10,12-15,20H,8,11,16H2,1-2H3,(H,30,31)/b9-6+/t20-/m0/s1. The molecule has 1 aliphatic heterocycles. The van der Waals surface area contributed by atoms with Crippen LogP contribution >= 0.6 is 0 Å². The lowest BCUT2D eigenvalue weighted by atomic mass is 10.1. The first kappa shape index (κ1) is 24.4. The maximum atomic E-state index is 14.2. The van der Waals surface area contributed by atoms with Crippen LogP contribution in [0.25, 0.3) is 12.2 Å². The number of pyridine rings is 1. The van der Waals surface area contributed by atoms with Gasteiger partial charge in [0, 0.05) is 12.6 Å². The summed E-state index contributed by atoms with van der Waals surface area (Å²) in [5.41, 5.74) is 2.63. The summed E-state index contributed by atoms with van der Waals surface area (Å²) >= 11 is 0. The molecule has 0 amide bonds. The second-order valence-electron chi connectivity index (χ2n) is 8.47. The van der Waals surface area contributed by atoms with E-state index >= 15 is 0 Å². The Morgan fingerprint density at radius 3 is 2.69 bits per heavy atom. The molecule has 4 rings (SSSR count). The molecular weight excluding hydrogens is 471 g/mol. The Balaban J connectivity index is 1.73. The largest absolute Gasteiger partial charge is 0.486 e. The van der Waals surface area contributed by atoms with Gasteiger partial charge < -0.3 is 9.84 Å². The molecule has 1 aromatic heterocycles. The Hall–Kier alpha value is -3.72. The van der Waals surface area contributed by atoms with Gasteiger partial charge in [-0.2, -0.15) is 0 Å². The molecular formula is C26H25FN2O5S. The van der Waals surface area contributed by atoms with E-state index in [1.165, 1.54) is 22.5 Å². The summed E-state index contributed by atoms with van der Waals surface area (Å²) in [5, 5.41) is 9.07. The van der Waals surface area contributed by atoms with Crippen molar-refractivity contribution >= 4 is 33.8 Å². The van der Waals surface area contributed by atoms with Gasteiger partial charge in [-0.05, 0) is 73.4 Å². The molecule has 7 nitrogen and oxygen atoms in total. The molecule has 1 aliphatic rings. The minimum Gasteiger partial charge on any atom is -0.486 e. The zero-order chi connectivity index (χ0) is 25.2. The van der Waals surface area contributed by atoms with Crippen LogP contribution in [0.5, 0.6) is 5.75 Å². The van der Waals surface area contributed by atoms with E-state index in [1.807, 2.05) is 13.0 Å². The Bertz CT molecular complexity index is 1400. The number of aryl methyl sites for hydroxylation is 2. The fraction of sp³-hybridized carbons (Fsp3) is 0.231. The molecule has 182 valence electrons. The molecule has 0 fully saturated rings. The third-order valence-electron chi connectivity index (χ3n) is 5.61. The van der Waals surface area contributed by atoms with Gasteiger partial charge in [-0.15, -0.1) is 0 Å². The maximum absolute atomic E-state index is 14.2. The molecule has 1 N–H and O–H groups in total. The third-order valence-corrected chi connectivity index (χ3v) is 7.39. The lowest BCUT2D eigenvalue weighted by Gasteiger charge is -2.35. The molecule has 0 saturated heterocycles. The molecule has 35 heavy (non-hydrogen) atoms. The Morgan fingerprint density at radius 1 is 1.17 bits per heavy atom. The first-order chi connectivity index (χ1) is 16.6. The zero-order valence-electron chi connectivity index (χ0n) is 19.3. The topological polar surface area (TPSA) is 96.8 Å². The number of hydrogen-bond donors (Lipinski definition) is 1. The van der Waals surface area contributed by atoms with Crippen molar-refractivity contribution in [2.75, 3.05) is 10.8 Å². The van der Waals surface area contributed by atoms with Crippen molar-refractivity contribution in [1.29, 1.82) is 0 Å². The molecule has 2 heterocycles. The van der Waals surface area contributed by atoms with Crippen LogP contribution in [-0.4, -0.2) is 37.1 Å². The average Bonchev–Trinajstić information content (AvgIpc) is 2.81. The molecule has 0 saturated carbocycles. The van der Waals surface area contributed by atoms with Crippen molar-refractivity contribution in [3.63, 3.8) is 0 Å². The van der Waals surface area contributed by atoms with Crippen LogP contribution in [0.3, 0.4) is 0 Å². The van der Waals surface area contributed by atoms with E-state index < -0.39 is 27.9 Å². The summed E-state index contributed by atoms with van der Waals surface area (Å²) in [6.07, 6.45) is 4.13. The van der Waals surface area contributed by atoms with Gasteiger partial charge in [0.25, 0.3) is 10.0 Å². The van der Waals surface area contributed by atoms with Gasteiger partial charge in [0.15, 0.2) is 0 Å². The molecule has 0 aliphatic carbocycles. The Morgan fingerprint density at radius 2 is 1.97 bits per heavy atom. The van der Waals surface area contributed by atoms with Gasteiger partial charge >= 0.3 is 5.97 Å². The highest BCUT2D eigenvalue weighted by Gasteiger charge is 2.34. The summed E-state index contributed by atoms with van der Waals surface area (Å²) in [6, 6.07) is 13.0. The van der Waals surface area contributed by atoms with E-state index in [9.17, 15) is 17.6 Å². The summed E-state index contributed by atoms with van der Waals surface area (Å²) in [5.74, 6) is -1.10. The van der Waals surface area contributed by atoms with Crippen molar-refractivity contribution in [1.82, 2.24) is 4.98 Å². The first-order valence-electron chi connectivity index (χ1n) is 11.1. The summed E-state index contributed by atoms with van der Waals surface area (Å²) in [7, 11) is -3.96. The minimum absolute atomic E-state index is 0.0299. The lowest BCUT2D eigenvalue weighted by Crippen LogP contribution is -2.43. The number of carboxylic acid groups (broad SMARTS) is 1. The van der Waals surface area contributed by atoms with Gasteiger partial charge in [0.05, 0.1) is 22.8 Å². The number of anilines is 1. The third kappa shape index (κ3) is 5.51. The molecule has 2 aromatic carbocycles. The number of aromatic nitrogens is 1. The second kappa shape index (κ2) is 9.87. The van der Waals surface area contributed by atoms with Crippen LogP contribution in [0, 0.1) is 19.7 Å². The van der Waals surface area contributed by atoms with Gasteiger partial charge in [0.1, 0.15) is 17.7 Å². The zero-order valence-corrected chi connectivity index (χ0v) is 20.1. The van der Waals surface area contributed by atoms with Crippen molar-refractivity contribution in [2.45, 2.75) is 37.7 Å². The molecule has 0 radical (unpaired) electrons. The van der Waals surface area contributed by atoms with Crippen molar-refractivity contribution in [3.8, 4) is 5.75 Å². The molecule has 1 atom stereocenters. The number of ether oxygens (including phenoxy) is 1. The van der Waals surface area contributed by atoms with Gasteiger partial charge in [-0.3, -0.25) is 14.1 Å². The number of carbonyl (C=O) groups is 1. The highest BCUT2D eigenvalue weighted by Crippen LogP contribution is 2.39. The monoisotopic (exact) mass is 496 g/mol. The summed E-state index contributed by atoms with van der Waals surface area (Å²) in [6.45, 7) is 3.53. The number of carboxylic acids is 1. The lowest BCUT2D eigenvalue weighted by molar-refractivity contribution is -0.137. The van der Waals surface area contributed by atoms with E-state index in [1.54, 1.807) is 49.5 Å². The highest BCUT2D eigenvalue weighted by molar-refractivity contribution is 7.92. The van der Waals surface area contributed by atoms with E-state index in [2.05, 4.69) is 4.98 Å². The predicted molar refractivity (Wildman–Crippen MR) is 131 cm³/mol. The first-order valence-corrected chi connectivity index (χ1v) is 12.5. The average molecular weight is 497 g/mol. The van der Waals surface area contributed by atoms with E-state index in [-0.39, 0.29) is 30.0 Å². The number of fused-ring (bicyclic) bond motifs is 1. The highest BCUT2D eigenvalue weighted by atomic mass is 32.2. The smallest absolute Gasteiger partial charge is 0.303 e. The van der Waals surface area contributed by atoms with Crippen molar-refractivity contribution < 1.29 is 27.4 Å². The second-order valence-corrected chi connectivity index (χ2v) is 10.3. The molecule has 0 unspecified atom stereocenters. The van der Waals surface area contributed by atoms with Crippen LogP contribution in [0.15, 0.2) is 59.6 Å². The SMILES string of the molecule is Cc1cccc(S(=O)(=O)N2C[C@H](CCC(=O)O)Oc3ccc(/C=C/c4ncc(C)cc4F)cc32)c1. The number of sulfonamides is 1. The van der Waals surface area contributed by atoms with Crippen LogP contribution < -0.4 is 9.04 Å². The molecule has 3 aromatic rings. The number of hydrogen-bond acceptors (Lipinski definition) is 5. The van der Waals surface area contributed by atoms with E-state index in [4.69, 9.17) is 9.84 Å². The van der Waals surface area contributed by atoms with E-state index in [0.717, 1.165) is 5.56 Å². The predicted octanol–water partition coefficient (Wildman–Crippen LogP) is 4.83. The minimum atomic E-state index is -3.96. The van der Waals surface area contributed by atoms with Gasteiger partial charge in [-0.1, -0.05) is 24.3 Å². The summed E-state index contributed by atoms with van der Waals surface area (Å²) in [4.78, 5) is 15.3. The van der Waals surface area contributed by atoms with E-state index in [0.29, 0.717) is 22.6 Å². The van der Waals surface area contributed by atoms with Crippen LogP contribution in [0.1, 0.15) is 35.2 Å². The van der Waals surface area contributed by atoms with Crippen LogP contribution in [0.4, 0.5) is 10.1 Å². The number of aliphatic carboxylic acids is 1. The molecule has 0 bridgehead atoms. The normalized spacial score (nSPS) is 15.6. The Labute approximate surface area is 203 Å². The number of benzene rings is 2. The molecule has 9 heteroatoms. The maximum Gasteiger partial charge on any atom is 0.303 e. The van der Waals surface area contributed by atoms with Gasteiger partial charge in [0.2, 0.25) is 0 Å². The fourth-order valence-electron chi connectivity index (χ4n) is 3.84. The molecule has 0 spiro atoms. The van der Waals surface area contributed by atoms with Crippen molar-refractivity contribution in [2.24, 2.45) is 0 Å². The Kier molecular flexibility index (Phi) is 6.88. The quantitative estimate of drug-likeness (QED) is 0.503. The van der Waals surface area contributed by atoms with Crippen LogP contribution in [-0.2, 0) is 14.8 Å². The van der Waals surface area contributed by atoms with Crippen molar-refractivity contribution in [3.05, 3.63) is 82.9 Å². The van der Waals surface area contributed by atoms with Crippen LogP contribution in [0.2, 0.25) is 0 Å². The summed E-state index contributed by atoms with van der Waals surface area (Å²) < 4.78 is 48.6.